The highest BCUT2D eigenvalue weighted by Crippen LogP contribution is 2.40. The van der Waals surface area contributed by atoms with Crippen LogP contribution < -0.4 is 44.2 Å². The summed E-state index contributed by atoms with van der Waals surface area (Å²) >= 11 is 1.45. The van der Waals surface area contributed by atoms with E-state index in [4.69, 9.17) is 22.9 Å². The molecule has 12 N–H and O–H groups in total. The SMILES string of the molecule is CC(C)(C)c1cc(NC(=O)CCCCN)c(CCCCN)c(NC(=O)c2cccc(C(=O)Nc3cc(C(C)(C)C)cc(NC(=O)CCCCN)c3SCCN)c2)c1. The molecule has 0 aromatic heterocycles. The van der Waals surface area contributed by atoms with E-state index in [-0.39, 0.29) is 33.8 Å². The van der Waals surface area contributed by atoms with Gasteiger partial charge in [-0.15, -0.1) is 11.8 Å². The van der Waals surface area contributed by atoms with Crippen molar-refractivity contribution >= 4 is 58.1 Å². The van der Waals surface area contributed by atoms with Gasteiger partial charge in [-0.05, 0) is 135 Å². The Hall–Kier alpha value is -4.27. The molecule has 12 nitrogen and oxygen atoms in total. The maximum atomic E-state index is 14.0. The average molecular weight is 803 g/mol. The fourth-order valence-electron chi connectivity index (χ4n) is 6.08. The molecule has 3 aromatic rings. The molecule has 0 aliphatic carbocycles. The van der Waals surface area contributed by atoms with E-state index in [1.54, 1.807) is 24.3 Å². The minimum absolute atomic E-state index is 0.111. The monoisotopic (exact) mass is 802 g/mol. The highest BCUT2D eigenvalue weighted by Gasteiger charge is 2.24. The van der Waals surface area contributed by atoms with Gasteiger partial charge in [0, 0.05) is 47.6 Å². The predicted octanol–water partition coefficient (Wildman–Crippen LogP) is 7.25. The molecule has 0 bridgehead atoms. The molecule has 0 aliphatic rings. The van der Waals surface area contributed by atoms with Gasteiger partial charge in [-0.3, -0.25) is 19.2 Å². The molecule has 0 saturated heterocycles. The van der Waals surface area contributed by atoms with Crippen molar-refractivity contribution < 1.29 is 19.2 Å². The quantitative estimate of drug-likeness (QED) is 0.0401. The van der Waals surface area contributed by atoms with E-state index in [1.807, 2.05) is 24.3 Å². The summed E-state index contributed by atoms with van der Waals surface area (Å²) in [5.41, 5.74) is 28.1. The van der Waals surface area contributed by atoms with E-state index < -0.39 is 11.8 Å². The largest absolute Gasteiger partial charge is 0.330 e. The molecule has 0 atom stereocenters. The number of nitrogens with two attached hydrogens (primary N) is 4. The third-order valence-electron chi connectivity index (χ3n) is 9.46. The molecule has 0 aliphatic heterocycles. The van der Waals surface area contributed by atoms with Gasteiger partial charge in [-0.1, -0.05) is 47.6 Å². The van der Waals surface area contributed by atoms with Crippen molar-refractivity contribution in [2.75, 3.05) is 53.2 Å². The van der Waals surface area contributed by atoms with Crippen molar-refractivity contribution in [3.8, 4) is 0 Å². The van der Waals surface area contributed by atoms with Gasteiger partial charge >= 0.3 is 0 Å². The van der Waals surface area contributed by atoms with Crippen molar-refractivity contribution in [2.45, 2.75) is 115 Å². The number of hydrogen-bond donors (Lipinski definition) is 8. The Kier molecular flexibility index (Phi) is 18.7. The topological polar surface area (TPSA) is 220 Å². The Morgan fingerprint density at radius 3 is 1.44 bits per heavy atom. The second-order valence-corrected chi connectivity index (χ2v) is 17.5. The van der Waals surface area contributed by atoms with E-state index in [0.29, 0.717) is 91.7 Å². The normalized spacial score (nSPS) is 11.6. The van der Waals surface area contributed by atoms with Crippen LogP contribution in [0, 0.1) is 0 Å². The molecule has 0 saturated carbocycles. The highest BCUT2D eigenvalue weighted by molar-refractivity contribution is 7.99. The van der Waals surface area contributed by atoms with Crippen molar-refractivity contribution in [1.82, 2.24) is 0 Å². The zero-order valence-electron chi connectivity index (χ0n) is 34.9. The fraction of sp³-hybridized carbons (Fsp3) is 0.500. The van der Waals surface area contributed by atoms with Gasteiger partial charge in [0.05, 0.1) is 16.3 Å². The lowest BCUT2D eigenvalue weighted by Crippen LogP contribution is -2.21. The average Bonchev–Trinajstić information content (AvgIpc) is 3.14. The Morgan fingerprint density at radius 2 is 0.965 bits per heavy atom. The van der Waals surface area contributed by atoms with Gasteiger partial charge in [-0.25, -0.2) is 0 Å². The number of amides is 4. The molecule has 0 heterocycles. The van der Waals surface area contributed by atoms with Crippen LogP contribution in [0.3, 0.4) is 0 Å². The number of rotatable bonds is 21. The van der Waals surface area contributed by atoms with Crippen molar-refractivity contribution in [1.29, 1.82) is 0 Å². The smallest absolute Gasteiger partial charge is 0.255 e. The summed E-state index contributed by atoms with van der Waals surface area (Å²) in [5, 5.41) is 12.4. The fourth-order valence-corrected chi connectivity index (χ4v) is 6.94. The molecule has 3 rings (SSSR count). The van der Waals surface area contributed by atoms with Crippen molar-refractivity contribution in [3.63, 3.8) is 0 Å². The van der Waals surface area contributed by atoms with Crippen LogP contribution in [0.2, 0.25) is 0 Å². The van der Waals surface area contributed by atoms with E-state index in [2.05, 4.69) is 62.8 Å². The Balaban J connectivity index is 2.01. The van der Waals surface area contributed by atoms with Crippen LogP contribution in [0.5, 0.6) is 0 Å². The van der Waals surface area contributed by atoms with Gasteiger partial charge in [0.15, 0.2) is 0 Å². The first kappa shape index (κ1) is 47.1. The van der Waals surface area contributed by atoms with Crippen LogP contribution in [-0.2, 0) is 26.8 Å². The summed E-state index contributed by atoms with van der Waals surface area (Å²) in [5.74, 6) is -0.492. The standard InChI is InChI=1S/C44H66N8O4S/c1-43(2,3)31-25-34(49-38(53)17-8-11-20-46)33(16-7-10-19-45)35(26-31)51-41(55)29-14-13-15-30(24-29)42(56)52-37-28-32(44(4,5)6)27-36(40(37)57-23-22-48)50-39(54)18-9-12-21-47/h13-15,24-28H,7-12,16-23,45-48H2,1-6H3,(H,49,53)(H,50,54)(H,51,55)(H,52,56). The first-order valence-corrected chi connectivity index (χ1v) is 21.1. The molecule has 4 amide bonds. The summed E-state index contributed by atoms with van der Waals surface area (Å²) < 4.78 is 0. The number of thioether (sulfide) groups is 1. The van der Waals surface area contributed by atoms with Gasteiger partial charge < -0.3 is 44.2 Å². The van der Waals surface area contributed by atoms with Crippen LogP contribution in [0.25, 0.3) is 0 Å². The molecule has 13 heteroatoms. The van der Waals surface area contributed by atoms with E-state index >= 15 is 0 Å². The second-order valence-electron chi connectivity index (χ2n) is 16.4. The summed E-state index contributed by atoms with van der Waals surface area (Å²) in [6.45, 7) is 14.4. The molecule has 0 fully saturated rings. The maximum Gasteiger partial charge on any atom is 0.255 e. The number of carbonyl (C=O) groups is 4. The van der Waals surface area contributed by atoms with Crippen LogP contribution in [0.15, 0.2) is 53.4 Å². The lowest BCUT2D eigenvalue weighted by molar-refractivity contribution is -0.117. The zero-order chi connectivity index (χ0) is 42.2. The molecular formula is C44H66N8O4S. The van der Waals surface area contributed by atoms with Crippen LogP contribution in [0.4, 0.5) is 22.7 Å². The molecule has 0 unspecified atom stereocenters. The third kappa shape index (κ3) is 14.9. The lowest BCUT2D eigenvalue weighted by atomic mass is 9.85. The van der Waals surface area contributed by atoms with Crippen LogP contribution >= 0.6 is 11.8 Å². The van der Waals surface area contributed by atoms with Gasteiger partial charge in [0.2, 0.25) is 11.8 Å². The molecule has 57 heavy (non-hydrogen) atoms. The molecule has 0 radical (unpaired) electrons. The molecule has 3 aromatic carbocycles. The predicted molar refractivity (Wildman–Crippen MR) is 237 cm³/mol. The van der Waals surface area contributed by atoms with E-state index in [1.165, 1.54) is 11.8 Å². The number of nitrogens with one attached hydrogen (secondary N) is 4. The number of hydrogen-bond acceptors (Lipinski definition) is 9. The number of benzene rings is 3. The summed E-state index contributed by atoms with van der Waals surface area (Å²) in [7, 11) is 0. The third-order valence-corrected chi connectivity index (χ3v) is 10.6. The Bertz CT molecular complexity index is 1830. The van der Waals surface area contributed by atoms with Crippen LogP contribution in [0.1, 0.15) is 130 Å². The summed E-state index contributed by atoms with van der Waals surface area (Å²) in [6, 6.07) is 14.4. The van der Waals surface area contributed by atoms with Gasteiger partial charge in [-0.2, -0.15) is 0 Å². The number of unbranched alkanes of at least 4 members (excludes halogenated alkanes) is 3. The van der Waals surface area contributed by atoms with Gasteiger partial charge in [0.1, 0.15) is 0 Å². The maximum absolute atomic E-state index is 14.0. The zero-order valence-corrected chi connectivity index (χ0v) is 35.7. The number of anilines is 4. The van der Waals surface area contributed by atoms with Crippen molar-refractivity contribution in [3.05, 3.63) is 76.3 Å². The molecule has 312 valence electrons. The van der Waals surface area contributed by atoms with Crippen molar-refractivity contribution in [2.24, 2.45) is 22.9 Å². The van der Waals surface area contributed by atoms with E-state index in [0.717, 1.165) is 42.4 Å². The minimum Gasteiger partial charge on any atom is -0.330 e. The van der Waals surface area contributed by atoms with E-state index in [9.17, 15) is 19.2 Å². The second kappa shape index (κ2) is 22.6. The summed E-state index contributed by atoms with van der Waals surface area (Å²) in [6.07, 6.45) is 5.66. The van der Waals surface area contributed by atoms with Crippen LogP contribution in [-0.4, -0.2) is 55.6 Å². The first-order chi connectivity index (χ1) is 27.0. The van der Waals surface area contributed by atoms with Gasteiger partial charge in [0.25, 0.3) is 11.8 Å². The first-order valence-electron chi connectivity index (χ1n) is 20.1. The highest BCUT2D eigenvalue weighted by atomic mass is 32.2. The Labute approximate surface area is 343 Å². The Morgan fingerprint density at radius 1 is 0.544 bits per heavy atom. The lowest BCUT2D eigenvalue weighted by Gasteiger charge is -2.25. The molecular weight excluding hydrogens is 737 g/mol. The molecule has 0 spiro atoms. The minimum atomic E-state index is -0.414. The number of carbonyl (C=O) groups excluding carboxylic acids is 4. The summed E-state index contributed by atoms with van der Waals surface area (Å²) in [4.78, 5) is 54.8.